The average molecular weight is 250 g/mol. The molecule has 18 heavy (non-hydrogen) atoms. The number of aliphatic hydroxyl groups excluding tert-OH is 1. The highest BCUT2D eigenvalue weighted by Crippen LogP contribution is 2.20. The number of benzene rings is 1. The minimum atomic E-state index is -0.247. The van der Waals surface area contributed by atoms with Crippen molar-refractivity contribution in [2.45, 2.75) is 58.0 Å². The standard InChI is InChI=1S/C16H26O2/c1-3-4-5-6-7-11-15(17)13-14-10-8-9-12-16(14)18-2/h8-10,12,15,17H,3-7,11,13H2,1-2H3. The van der Waals surface area contributed by atoms with Gasteiger partial charge >= 0.3 is 0 Å². The third-order valence-corrected chi connectivity index (χ3v) is 3.29. The number of unbranched alkanes of at least 4 members (excludes halogenated alkanes) is 4. The molecule has 1 atom stereocenters. The van der Waals surface area contributed by atoms with Crippen molar-refractivity contribution in [3.63, 3.8) is 0 Å². The van der Waals surface area contributed by atoms with Crippen LogP contribution in [0.25, 0.3) is 0 Å². The van der Waals surface area contributed by atoms with E-state index in [-0.39, 0.29) is 6.10 Å². The molecular weight excluding hydrogens is 224 g/mol. The van der Waals surface area contributed by atoms with E-state index < -0.39 is 0 Å². The Morgan fingerprint density at radius 1 is 1.11 bits per heavy atom. The number of rotatable bonds is 9. The predicted octanol–water partition coefficient (Wildman–Crippen LogP) is 3.96. The van der Waals surface area contributed by atoms with Crippen LogP contribution in [0, 0.1) is 0 Å². The van der Waals surface area contributed by atoms with Crippen LogP contribution < -0.4 is 4.74 Å². The number of para-hydroxylation sites is 1. The summed E-state index contributed by atoms with van der Waals surface area (Å²) in [7, 11) is 1.68. The van der Waals surface area contributed by atoms with Crippen molar-refractivity contribution in [1.29, 1.82) is 0 Å². The van der Waals surface area contributed by atoms with E-state index in [9.17, 15) is 5.11 Å². The first-order chi connectivity index (χ1) is 8.77. The summed E-state index contributed by atoms with van der Waals surface area (Å²) in [4.78, 5) is 0. The molecule has 1 unspecified atom stereocenters. The topological polar surface area (TPSA) is 29.5 Å². The van der Waals surface area contributed by atoms with E-state index in [1.54, 1.807) is 7.11 Å². The number of hydrogen-bond donors (Lipinski definition) is 1. The highest BCUT2D eigenvalue weighted by molar-refractivity contribution is 5.33. The van der Waals surface area contributed by atoms with Crippen molar-refractivity contribution in [2.75, 3.05) is 7.11 Å². The summed E-state index contributed by atoms with van der Waals surface area (Å²) in [6.45, 7) is 2.22. The Bertz CT molecular complexity index is 323. The zero-order valence-corrected chi connectivity index (χ0v) is 11.7. The molecule has 0 aromatic heterocycles. The molecule has 2 heteroatoms. The molecule has 1 N–H and O–H groups in total. The van der Waals surface area contributed by atoms with E-state index in [1.165, 1.54) is 25.7 Å². The molecule has 0 aliphatic heterocycles. The molecule has 0 amide bonds. The van der Waals surface area contributed by atoms with Gasteiger partial charge in [0, 0.05) is 6.42 Å². The maximum absolute atomic E-state index is 10.0. The van der Waals surface area contributed by atoms with E-state index in [2.05, 4.69) is 6.92 Å². The molecule has 0 heterocycles. The second kappa shape index (κ2) is 8.98. The number of ether oxygens (including phenoxy) is 1. The first kappa shape index (κ1) is 15.0. The van der Waals surface area contributed by atoms with E-state index >= 15 is 0 Å². The summed E-state index contributed by atoms with van der Waals surface area (Å²) >= 11 is 0. The monoisotopic (exact) mass is 250 g/mol. The van der Waals surface area contributed by atoms with Gasteiger partial charge in [0.15, 0.2) is 0 Å². The fourth-order valence-electron chi connectivity index (χ4n) is 2.21. The Hall–Kier alpha value is -1.02. The molecule has 0 saturated heterocycles. The van der Waals surface area contributed by atoms with Crippen molar-refractivity contribution in [3.8, 4) is 5.75 Å². The van der Waals surface area contributed by atoms with Crippen LogP contribution in [0.2, 0.25) is 0 Å². The van der Waals surface area contributed by atoms with Crippen molar-refractivity contribution < 1.29 is 9.84 Å². The van der Waals surface area contributed by atoms with Crippen LogP contribution in [0.1, 0.15) is 51.0 Å². The Labute approximate surface area is 111 Å². The molecule has 0 radical (unpaired) electrons. The summed E-state index contributed by atoms with van der Waals surface area (Å²) in [6.07, 6.45) is 7.56. The van der Waals surface area contributed by atoms with Gasteiger partial charge in [0.25, 0.3) is 0 Å². The third-order valence-electron chi connectivity index (χ3n) is 3.29. The summed E-state index contributed by atoms with van der Waals surface area (Å²) in [5.74, 6) is 0.877. The molecule has 2 nitrogen and oxygen atoms in total. The summed E-state index contributed by atoms with van der Waals surface area (Å²) in [5, 5.41) is 10.0. The van der Waals surface area contributed by atoms with Gasteiger partial charge in [-0.25, -0.2) is 0 Å². The average Bonchev–Trinajstić information content (AvgIpc) is 2.39. The van der Waals surface area contributed by atoms with Gasteiger partial charge in [0.1, 0.15) is 5.75 Å². The van der Waals surface area contributed by atoms with Gasteiger partial charge in [-0.1, -0.05) is 57.2 Å². The molecule has 0 aliphatic rings. The predicted molar refractivity (Wildman–Crippen MR) is 76.1 cm³/mol. The lowest BCUT2D eigenvalue weighted by Crippen LogP contribution is -2.11. The molecule has 0 aliphatic carbocycles. The second-order valence-electron chi connectivity index (χ2n) is 4.87. The van der Waals surface area contributed by atoms with Crippen LogP contribution in [-0.2, 0) is 6.42 Å². The zero-order chi connectivity index (χ0) is 13.2. The van der Waals surface area contributed by atoms with Gasteiger partial charge in [-0.05, 0) is 18.1 Å². The molecule has 102 valence electrons. The maximum Gasteiger partial charge on any atom is 0.122 e. The highest BCUT2D eigenvalue weighted by Gasteiger charge is 2.09. The highest BCUT2D eigenvalue weighted by atomic mass is 16.5. The van der Waals surface area contributed by atoms with Gasteiger partial charge in [0.2, 0.25) is 0 Å². The lowest BCUT2D eigenvalue weighted by Gasteiger charge is -2.13. The first-order valence-corrected chi connectivity index (χ1v) is 7.08. The van der Waals surface area contributed by atoms with Gasteiger partial charge in [-0.3, -0.25) is 0 Å². The van der Waals surface area contributed by atoms with E-state index in [0.717, 1.165) is 24.2 Å². The van der Waals surface area contributed by atoms with Gasteiger partial charge in [-0.15, -0.1) is 0 Å². The molecule has 0 fully saturated rings. The van der Waals surface area contributed by atoms with Crippen LogP contribution >= 0.6 is 0 Å². The van der Waals surface area contributed by atoms with Gasteiger partial charge in [0.05, 0.1) is 13.2 Å². The zero-order valence-electron chi connectivity index (χ0n) is 11.7. The van der Waals surface area contributed by atoms with E-state index in [1.807, 2.05) is 24.3 Å². The number of hydrogen-bond acceptors (Lipinski definition) is 2. The molecule has 1 aromatic carbocycles. The molecule has 0 bridgehead atoms. The molecule has 0 saturated carbocycles. The van der Waals surface area contributed by atoms with Crippen LogP contribution in [0.15, 0.2) is 24.3 Å². The maximum atomic E-state index is 10.0. The number of aliphatic hydroxyl groups is 1. The van der Waals surface area contributed by atoms with Crippen molar-refractivity contribution in [3.05, 3.63) is 29.8 Å². The van der Waals surface area contributed by atoms with Crippen LogP contribution in [-0.4, -0.2) is 18.3 Å². The molecule has 0 spiro atoms. The molecule has 1 aromatic rings. The smallest absolute Gasteiger partial charge is 0.122 e. The first-order valence-electron chi connectivity index (χ1n) is 7.08. The minimum absolute atomic E-state index is 0.247. The van der Waals surface area contributed by atoms with Crippen LogP contribution in [0.3, 0.4) is 0 Å². The Balaban J connectivity index is 2.28. The lowest BCUT2D eigenvalue weighted by molar-refractivity contribution is 0.160. The van der Waals surface area contributed by atoms with Crippen molar-refractivity contribution >= 4 is 0 Å². The Kier molecular flexibility index (Phi) is 7.51. The summed E-state index contributed by atoms with van der Waals surface area (Å²) in [6, 6.07) is 7.92. The van der Waals surface area contributed by atoms with Crippen LogP contribution in [0.4, 0.5) is 0 Å². The molecular formula is C16H26O2. The number of methoxy groups -OCH3 is 1. The van der Waals surface area contributed by atoms with Crippen molar-refractivity contribution in [2.24, 2.45) is 0 Å². The summed E-state index contributed by atoms with van der Waals surface area (Å²) < 4.78 is 5.29. The van der Waals surface area contributed by atoms with E-state index in [4.69, 9.17) is 4.74 Å². The van der Waals surface area contributed by atoms with Crippen molar-refractivity contribution in [1.82, 2.24) is 0 Å². The molecule has 1 rings (SSSR count). The second-order valence-corrected chi connectivity index (χ2v) is 4.87. The Morgan fingerprint density at radius 3 is 2.56 bits per heavy atom. The Morgan fingerprint density at radius 2 is 1.83 bits per heavy atom. The van der Waals surface area contributed by atoms with Gasteiger partial charge < -0.3 is 9.84 Å². The summed E-state index contributed by atoms with van der Waals surface area (Å²) in [5.41, 5.74) is 1.10. The minimum Gasteiger partial charge on any atom is -0.496 e. The third kappa shape index (κ3) is 5.54. The quantitative estimate of drug-likeness (QED) is 0.672. The van der Waals surface area contributed by atoms with E-state index in [0.29, 0.717) is 6.42 Å². The fraction of sp³-hybridized carbons (Fsp3) is 0.625. The lowest BCUT2D eigenvalue weighted by atomic mass is 10.0. The normalized spacial score (nSPS) is 12.4. The van der Waals surface area contributed by atoms with Crippen LogP contribution in [0.5, 0.6) is 5.75 Å². The SMILES string of the molecule is CCCCCCCC(O)Cc1ccccc1OC. The van der Waals surface area contributed by atoms with Gasteiger partial charge in [-0.2, -0.15) is 0 Å². The largest absolute Gasteiger partial charge is 0.496 e. The fourth-order valence-corrected chi connectivity index (χ4v) is 2.21.